The number of carbonyl (C=O) groups is 3. The third-order valence-electron chi connectivity index (χ3n) is 4.70. The lowest BCUT2D eigenvalue weighted by atomic mass is 9.98. The van der Waals surface area contributed by atoms with E-state index in [9.17, 15) is 19.5 Å². The SMILES string of the molecule is CC(=O)/C(C(=N)c1nc(C)c(C(=O)c2ccccc2)c(C(N)=O)n1)=C(/O)c1ccccc1. The average molecular weight is 428 g/mol. The molecular weight excluding hydrogens is 408 g/mol. The number of primary amides is 1. The fourth-order valence-corrected chi connectivity index (χ4v) is 3.18. The van der Waals surface area contributed by atoms with Crippen molar-refractivity contribution in [3.05, 3.63) is 100 Å². The van der Waals surface area contributed by atoms with Gasteiger partial charge in [-0.15, -0.1) is 0 Å². The Hall–Kier alpha value is -4.46. The Labute approximate surface area is 184 Å². The molecule has 0 aliphatic carbocycles. The molecule has 32 heavy (non-hydrogen) atoms. The third kappa shape index (κ3) is 4.34. The van der Waals surface area contributed by atoms with Gasteiger partial charge in [0, 0.05) is 11.1 Å². The van der Waals surface area contributed by atoms with Gasteiger partial charge in [0.05, 0.1) is 16.8 Å². The zero-order valence-electron chi connectivity index (χ0n) is 17.4. The quantitative estimate of drug-likeness (QED) is 0.228. The molecule has 4 N–H and O–H groups in total. The van der Waals surface area contributed by atoms with Crippen molar-refractivity contribution in [3.63, 3.8) is 0 Å². The Morgan fingerprint density at radius 3 is 1.94 bits per heavy atom. The fraction of sp³-hybridized carbons (Fsp3) is 0.0833. The van der Waals surface area contributed by atoms with E-state index in [0.717, 1.165) is 0 Å². The molecule has 1 amide bonds. The first-order valence-corrected chi connectivity index (χ1v) is 9.59. The Kier molecular flexibility index (Phi) is 6.34. The molecule has 0 saturated heterocycles. The van der Waals surface area contributed by atoms with Crippen molar-refractivity contribution in [2.45, 2.75) is 13.8 Å². The molecule has 160 valence electrons. The minimum absolute atomic E-state index is 0.0825. The van der Waals surface area contributed by atoms with Gasteiger partial charge < -0.3 is 10.8 Å². The molecule has 0 radical (unpaired) electrons. The number of nitrogens with one attached hydrogen (secondary N) is 1. The number of benzene rings is 2. The van der Waals surface area contributed by atoms with Crippen molar-refractivity contribution in [3.8, 4) is 0 Å². The van der Waals surface area contributed by atoms with Crippen molar-refractivity contribution in [2.75, 3.05) is 0 Å². The number of Topliss-reactive ketones (excluding diaryl/α,β-unsaturated/α-hetero) is 1. The van der Waals surface area contributed by atoms with E-state index in [1.54, 1.807) is 60.7 Å². The summed E-state index contributed by atoms with van der Waals surface area (Å²) in [6, 6.07) is 16.5. The van der Waals surface area contributed by atoms with Gasteiger partial charge in [-0.3, -0.25) is 19.8 Å². The summed E-state index contributed by atoms with van der Waals surface area (Å²) < 4.78 is 0. The lowest BCUT2D eigenvalue weighted by molar-refractivity contribution is -0.113. The van der Waals surface area contributed by atoms with Crippen LogP contribution < -0.4 is 5.73 Å². The summed E-state index contributed by atoms with van der Waals surface area (Å²) in [5.41, 5.74) is 4.96. The summed E-state index contributed by atoms with van der Waals surface area (Å²) in [6.45, 7) is 2.67. The van der Waals surface area contributed by atoms with Gasteiger partial charge in [0.1, 0.15) is 17.2 Å². The summed E-state index contributed by atoms with van der Waals surface area (Å²) >= 11 is 0. The Balaban J connectivity index is 2.16. The molecular formula is C24H20N4O4. The summed E-state index contributed by atoms with van der Waals surface area (Å²) in [7, 11) is 0. The summed E-state index contributed by atoms with van der Waals surface area (Å²) in [4.78, 5) is 45.6. The van der Waals surface area contributed by atoms with E-state index < -0.39 is 28.9 Å². The smallest absolute Gasteiger partial charge is 0.268 e. The Morgan fingerprint density at radius 2 is 1.44 bits per heavy atom. The normalized spacial score (nSPS) is 11.4. The van der Waals surface area contributed by atoms with E-state index in [1.807, 2.05) is 0 Å². The van der Waals surface area contributed by atoms with Crippen LogP contribution in [0.25, 0.3) is 5.76 Å². The number of aliphatic hydroxyl groups excluding tert-OH is 1. The molecule has 0 aliphatic rings. The molecule has 8 nitrogen and oxygen atoms in total. The highest BCUT2D eigenvalue weighted by Gasteiger charge is 2.27. The maximum atomic E-state index is 13.0. The summed E-state index contributed by atoms with van der Waals surface area (Å²) in [5, 5.41) is 19.1. The van der Waals surface area contributed by atoms with Crippen molar-refractivity contribution in [2.24, 2.45) is 5.73 Å². The van der Waals surface area contributed by atoms with Gasteiger partial charge in [-0.2, -0.15) is 0 Å². The second kappa shape index (κ2) is 9.13. The third-order valence-corrected chi connectivity index (χ3v) is 4.70. The van der Waals surface area contributed by atoms with Gasteiger partial charge in [0.2, 0.25) is 0 Å². The number of aromatic nitrogens is 2. The number of nitrogens with zero attached hydrogens (tertiary/aromatic N) is 2. The van der Waals surface area contributed by atoms with Crippen LogP contribution in [-0.4, -0.2) is 38.3 Å². The zero-order chi connectivity index (χ0) is 23.4. The van der Waals surface area contributed by atoms with Crippen molar-refractivity contribution >= 4 is 28.9 Å². The maximum absolute atomic E-state index is 13.0. The highest BCUT2D eigenvalue weighted by atomic mass is 16.3. The second-order valence-electron chi connectivity index (χ2n) is 6.94. The van der Waals surface area contributed by atoms with E-state index in [-0.39, 0.29) is 28.3 Å². The van der Waals surface area contributed by atoms with E-state index in [0.29, 0.717) is 11.1 Å². The molecule has 8 heteroatoms. The number of aliphatic hydroxyl groups is 1. The second-order valence-corrected chi connectivity index (χ2v) is 6.94. The monoisotopic (exact) mass is 428 g/mol. The van der Waals surface area contributed by atoms with Gasteiger partial charge in [-0.05, 0) is 13.8 Å². The molecule has 0 saturated carbocycles. The van der Waals surface area contributed by atoms with E-state index in [1.165, 1.54) is 13.8 Å². The molecule has 1 aromatic heterocycles. The van der Waals surface area contributed by atoms with Crippen LogP contribution >= 0.6 is 0 Å². The van der Waals surface area contributed by atoms with Crippen LogP contribution in [0.5, 0.6) is 0 Å². The number of aryl methyl sites for hydroxylation is 1. The summed E-state index contributed by atoms with van der Waals surface area (Å²) in [6.07, 6.45) is 0. The Bertz CT molecular complexity index is 1270. The van der Waals surface area contributed by atoms with Gasteiger partial charge >= 0.3 is 0 Å². The number of nitrogens with two attached hydrogens (primary N) is 1. The average Bonchev–Trinajstić information content (AvgIpc) is 2.79. The number of hydrogen-bond acceptors (Lipinski definition) is 7. The topological polar surface area (TPSA) is 147 Å². The highest BCUT2D eigenvalue weighted by Crippen LogP contribution is 2.22. The van der Waals surface area contributed by atoms with Crippen molar-refractivity contribution < 1.29 is 19.5 Å². The maximum Gasteiger partial charge on any atom is 0.268 e. The van der Waals surface area contributed by atoms with Crippen LogP contribution in [0.4, 0.5) is 0 Å². The number of amides is 1. The van der Waals surface area contributed by atoms with Gasteiger partial charge in [0.25, 0.3) is 5.91 Å². The minimum atomic E-state index is -0.982. The Morgan fingerprint density at radius 1 is 0.906 bits per heavy atom. The zero-order valence-corrected chi connectivity index (χ0v) is 17.4. The molecule has 0 atom stereocenters. The number of allylic oxidation sites excluding steroid dienone is 1. The lowest BCUT2D eigenvalue weighted by Crippen LogP contribution is -2.25. The van der Waals surface area contributed by atoms with Crippen LogP contribution in [0.2, 0.25) is 0 Å². The number of ketones is 2. The molecule has 0 unspecified atom stereocenters. The summed E-state index contributed by atoms with van der Waals surface area (Å²) in [5.74, 6) is -2.81. The van der Waals surface area contributed by atoms with Crippen LogP contribution in [0.1, 0.15) is 50.4 Å². The fourth-order valence-electron chi connectivity index (χ4n) is 3.18. The standard InChI is InChI=1S/C24H20N4O4/c1-13-17(21(30)15-9-5-3-6-10-15)20(23(26)32)28-24(27-13)19(25)18(14(2)29)22(31)16-11-7-4-8-12-16/h3-12,25,31H,1-2H3,(H2,26,32)/b22-18-,25-19?. The number of carbonyl (C=O) groups excluding carboxylic acids is 3. The number of hydrogen-bond donors (Lipinski definition) is 3. The lowest BCUT2D eigenvalue weighted by Gasteiger charge is -2.13. The van der Waals surface area contributed by atoms with Gasteiger partial charge in [-0.1, -0.05) is 60.7 Å². The van der Waals surface area contributed by atoms with Gasteiger partial charge in [-0.25, -0.2) is 9.97 Å². The van der Waals surface area contributed by atoms with Crippen molar-refractivity contribution in [1.29, 1.82) is 5.41 Å². The highest BCUT2D eigenvalue weighted by molar-refractivity contribution is 6.29. The predicted molar refractivity (Wildman–Crippen MR) is 119 cm³/mol. The molecule has 2 aromatic carbocycles. The first-order valence-electron chi connectivity index (χ1n) is 9.59. The van der Waals surface area contributed by atoms with Crippen LogP contribution in [-0.2, 0) is 4.79 Å². The minimum Gasteiger partial charge on any atom is -0.506 e. The molecule has 0 fully saturated rings. The van der Waals surface area contributed by atoms with E-state index in [2.05, 4.69) is 9.97 Å². The van der Waals surface area contributed by atoms with Crippen LogP contribution in [0, 0.1) is 12.3 Å². The number of rotatable bonds is 7. The predicted octanol–water partition coefficient (Wildman–Crippen LogP) is 3.04. The van der Waals surface area contributed by atoms with Crippen molar-refractivity contribution in [1.82, 2.24) is 9.97 Å². The molecule has 3 aromatic rings. The first-order chi connectivity index (χ1) is 15.2. The molecule has 0 spiro atoms. The van der Waals surface area contributed by atoms with Crippen LogP contribution in [0.15, 0.2) is 66.2 Å². The van der Waals surface area contributed by atoms with E-state index in [4.69, 9.17) is 11.1 Å². The van der Waals surface area contributed by atoms with Crippen LogP contribution in [0.3, 0.4) is 0 Å². The molecule has 0 bridgehead atoms. The molecule has 0 aliphatic heterocycles. The molecule has 1 heterocycles. The van der Waals surface area contributed by atoms with Gasteiger partial charge in [0.15, 0.2) is 17.4 Å². The first kappa shape index (κ1) is 22.2. The van der Waals surface area contributed by atoms with E-state index >= 15 is 0 Å². The largest absolute Gasteiger partial charge is 0.506 e. The molecule has 3 rings (SSSR count).